The smallest absolute Gasteiger partial charge is 0.312 e. The largest absolute Gasteiger partial charge is 0.344 e. The van der Waals surface area contributed by atoms with Gasteiger partial charge in [0.15, 0.2) is 0 Å². The molecule has 88 valence electrons. The maximum absolute atomic E-state index is 11.0. The number of H-pyrrole nitrogens is 1. The monoisotopic (exact) mass is 236 g/mol. The van der Waals surface area contributed by atoms with Gasteiger partial charge >= 0.3 is 5.69 Å². The Morgan fingerprint density at radius 1 is 1.06 bits per heavy atom. The fourth-order valence-electron chi connectivity index (χ4n) is 2.19. The van der Waals surface area contributed by atoms with E-state index in [1.165, 1.54) is 16.3 Å². The minimum absolute atomic E-state index is 0.324. The van der Waals surface area contributed by atoms with Gasteiger partial charge in [-0.25, -0.2) is 9.78 Å². The predicted octanol–water partition coefficient (Wildman–Crippen LogP) is 2.90. The van der Waals surface area contributed by atoms with Crippen LogP contribution in [0, 0.1) is 6.92 Å². The summed E-state index contributed by atoms with van der Waals surface area (Å²) in [5.74, 6) is 0. The van der Waals surface area contributed by atoms with Crippen molar-refractivity contribution in [3.8, 4) is 11.1 Å². The second-order valence-corrected chi connectivity index (χ2v) is 4.28. The molecule has 0 saturated heterocycles. The van der Waals surface area contributed by atoms with Gasteiger partial charge in [0.2, 0.25) is 0 Å². The van der Waals surface area contributed by atoms with Crippen LogP contribution in [-0.4, -0.2) is 9.97 Å². The normalized spacial score (nSPS) is 10.7. The number of aromatic nitrogens is 2. The van der Waals surface area contributed by atoms with E-state index in [0.29, 0.717) is 0 Å². The van der Waals surface area contributed by atoms with Gasteiger partial charge in [-0.05, 0) is 28.8 Å². The zero-order valence-electron chi connectivity index (χ0n) is 9.97. The van der Waals surface area contributed by atoms with Crippen LogP contribution in [0.5, 0.6) is 0 Å². The van der Waals surface area contributed by atoms with Crippen LogP contribution in [0.25, 0.3) is 21.9 Å². The molecule has 3 aromatic rings. The summed E-state index contributed by atoms with van der Waals surface area (Å²) in [5, 5.41) is 2.40. The van der Waals surface area contributed by atoms with Crippen LogP contribution in [0.1, 0.15) is 5.56 Å². The molecule has 1 heterocycles. The Balaban J connectivity index is 2.33. The number of nitrogens with one attached hydrogen (secondary N) is 1. The number of fused-ring (bicyclic) bond motifs is 1. The van der Waals surface area contributed by atoms with Gasteiger partial charge in [0.1, 0.15) is 0 Å². The molecular weight excluding hydrogens is 224 g/mol. The first-order valence-electron chi connectivity index (χ1n) is 5.79. The standard InChI is InChI=1S/C15H12N2O/c1-10-6-7-13(11-8-16-15(18)17-9-11)14-5-3-2-4-12(10)14/h2-9H,1H3,(H,16,17,18). The van der Waals surface area contributed by atoms with E-state index < -0.39 is 0 Å². The fourth-order valence-corrected chi connectivity index (χ4v) is 2.19. The van der Waals surface area contributed by atoms with Gasteiger partial charge in [-0.15, -0.1) is 0 Å². The van der Waals surface area contributed by atoms with Gasteiger partial charge in [0.25, 0.3) is 0 Å². The minimum atomic E-state index is -0.324. The summed E-state index contributed by atoms with van der Waals surface area (Å²) < 4.78 is 0. The molecule has 0 fully saturated rings. The van der Waals surface area contributed by atoms with Crippen molar-refractivity contribution in [1.29, 1.82) is 0 Å². The lowest BCUT2D eigenvalue weighted by Crippen LogP contribution is -2.07. The highest BCUT2D eigenvalue weighted by Gasteiger charge is 2.05. The summed E-state index contributed by atoms with van der Waals surface area (Å²) in [6, 6.07) is 12.4. The summed E-state index contributed by atoms with van der Waals surface area (Å²) in [6.07, 6.45) is 3.31. The molecule has 0 aliphatic heterocycles. The van der Waals surface area contributed by atoms with Crippen molar-refractivity contribution in [1.82, 2.24) is 9.97 Å². The molecule has 18 heavy (non-hydrogen) atoms. The number of hydrogen-bond donors (Lipinski definition) is 1. The third-order valence-electron chi connectivity index (χ3n) is 3.13. The van der Waals surface area contributed by atoms with Crippen LogP contribution < -0.4 is 5.69 Å². The van der Waals surface area contributed by atoms with E-state index in [1.54, 1.807) is 12.4 Å². The second kappa shape index (κ2) is 4.11. The van der Waals surface area contributed by atoms with Crippen LogP contribution in [0.4, 0.5) is 0 Å². The van der Waals surface area contributed by atoms with Gasteiger partial charge in [-0.2, -0.15) is 0 Å². The molecule has 0 bridgehead atoms. The first-order valence-corrected chi connectivity index (χ1v) is 5.79. The number of benzene rings is 2. The number of aromatic amines is 1. The predicted molar refractivity (Wildman–Crippen MR) is 72.5 cm³/mol. The maximum Gasteiger partial charge on any atom is 0.344 e. The molecule has 1 N–H and O–H groups in total. The summed E-state index contributed by atoms with van der Waals surface area (Å²) in [5.41, 5.74) is 2.92. The highest BCUT2D eigenvalue weighted by molar-refractivity contribution is 5.98. The number of rotatable bonds is 1. The first kappa shape index (κ1) is 10.7. The van der Waals surface area contributed by atoms with Gasteiger partial charge in [-0.1, -0.05) is 36.4 Å². The van der Waals surface area contributed by atoms with Gasteiger partial charge in [0, 0.05) is 18.0 Å². The van der Waals surface area contributed by atoms with Crippen molar-refractivity contribution in [3.63, 3.8) is 0 Å². The van der Waals surface area contributed by atoms with Crippen molar-refractivity contribution >= 4 is 10.8 Å². The molecule has 3 heteroatoms. The summed E-state index contributed by atoms with van der Waals surface area (Å²) in [4.78, 5) is 17.4. The lowest BCUT2D eigenvalue weighted by molar-refractivity contribution is 1.08. The van der Waals surface area contributed by atoms with Gasteiger partial charge < -0.3 is 4.98 Å². The number of aryl methyl sites for hydroxylation is 1. The topological polar surface area (TPSA) is 45.8 Å². The highest BCUT2D eigenvalue weighted by Crippen LogP contribution is 2.29. The molecule has 1 aromatic heterocycles. The lowest BCUT2D eigenvalue weighted by Gasteiger charge is -2.08. The SMILES string of the molecule is Cc1ccc(-c2cnc(=O)[nH]c2)c2ccccc12. The zero-order chi connectivity index (χ0) is 12.5. The van der Waals surface area contributed by atoms with E-state index in [0.717, 1.165) is 11.1 Å². The van der Waals surface area contributed by atoms with E-state index >= 15 is 0 Å². The van der Waals surface area contributed by atoms with E-state index in [2.05, 4.69) is 41.2 Å². The van der Waals surface area contributed by atoms with E-state index in [4.69, 9.17) is 0 Å². The van der Waals surface area contributed by atoms with Crippen LogP contribution in [0.3, 0.4) is 0 Å². The van der Waals surface area contributed by atoms with Crippen molar-refractivity contribution < 1.29 is 0 Å². The van der Waals surface area contributed by atoms with E-state index in [-0.39, 0.29) is 5.69 Å². The molecule has 0 spiro atoms. The Morgan fingerprint density at radius 2 is 1.83 bits per heavy atom. The van der Waals surface area contributed by atoms with Crippen molar-refractivity contribution in [2.75, 3.05) is 0 Å². The van der Waals surface area contributed by atoms with E-state index in [1.807, 2.05) is 12.1 Å². The Hall–Kier alpha value is -2.42. The highest BCUT2D eigenvalue weighted by atomic mass is 16.1. The number of hydrogen-bond acceptors (Lipinski definition) is 2. The molecule has 0 radical (unpaired) electrons. The average Bonchev–Trinajstić information content (AvgIpc) is 2.41. The average molecular weight is 236 g/mol. The third kappa shape index (κ3) is 1.70. The van der Waals surface area contributed by atoms with Crippen molar-refractivity contribution in [3.05, 3.63) is 64.8 Å². The molecule has 3 rings (SSSR count). The molecule has 0 saturated carbocycles. The summed E-state index contributed by atoms with van der Waals surface area (Å²) in [7, 11) is 0. The maximum atomic E-state index is 11.0. The molecule has 0 atom stereocenters. The molecule has 0 aliphatic carbocycles. The first-order chi connectivity index (χ1) is 8.75. The molecular formula is C15H12N2O. The fraction of sp³-hybridized carbons (Fsp3) is 0.0667. The molecule has 2 aromatic carbocycles. The van der Waals surface area contributed by atoms with Crippen LogP contribution >= 0.6 is 0 Å². The quantitative estimate of drug-likeness (QED) is 0.706. The summed E-state index contributed by atoms with van der Waals surface area (Å²) >= 11 is 0. The number of nitrogens with zero attached hydrogens (tertiary/aromatic N) is 1. The Labute approximate surface area is 104 Å². The molecule has 0 unspecified atom stereocenters. The van der Waals surface area contributed by atoms with Crippen LogP contribution in [0.2, 0.25) is 0 Å². The zero-order valence-corrected chi connectivity index (χ0v) is 9.97. The molecule has 3 nitrogen and oxygen atoms in total. The Kier molecular flexibility index (Phi) is 2.45. The minimum Gasteiger partial charge on any atom is -0.312 e. The van der Waals surface area contributed by atoms with Crippen molar-refractivity contribution in [2.45, 2.75) is 6.92 Å². The van der Waals surface area contributed by atoms with Crippen molar-refractivity contribution in [2.24, 2.45) is 0 Å². The summed E-state index contributed by atoms with van der Waals surface area (Å²) in [6.45, 7) is 2.09. The molecule has 0 amide bonds. The van der Waals surface area contributed by atoms with Crippen LogP contribution in [0.15, 0.2) is 53.6 Å². The van der Waals surface area contributed by atoms with Crippen LogP contribution in [-0.2, 0) is 0 Å². The Morgan fingerprint density at radius 3 is 2.56 bits per heavy atom. The third-order valence-corrected chi connectivity index (χ3v) is 3.13. The molecule has 0 aliphatic rings. The Bertz CT molecular complexity index is 754. The lowest BCUT2D eigenvalue weighted by atomic mass is 9.97. The van der Waals surface area contributed by atoms with E-state index in [9.17, 15) is 4.79 Å². The van der Waals surface area contributed by atoms with Gasteiger partial charge in [0.05, 0.1) is 0 Å². The second-order valence-electron chi connectivity index (χ2n) is 4.28. The van der Waals surface area contributed by atoms with Gasteiger partial charge in [-0.3, -0.25) is 0 Å².